The summed E-state index contributed by atoms with van der Waals surface area (Å²) < 4.78 is 5.25. The van der Waals surface area contributed by atoms with Gasteiger partial charge < -0.3 is 26.0 Å². The van der Waals surface area contributed by atoms with E-state index in [0.717, 1.165) is 16.7 Å². The lowest BCUT2D eigenvalue weighted by Gasteiger charge is -2.29. The van der Waals surface area contributed by atoms with Crippen LogP contribution in [0.5, 0.6) is 5.75 Å². The molecule has 4 rings (SSSR count). The number of ether oxygens (including phenoxy) is 1. The summed E-state index contributed by atoms with van der Waals surface area (Å²) in [5, 5.41) is 5.74. The van der Waals surface area contributed by atoms with Crippen LogP contribution in [0.2, 0.25) is 0 Å². The van der Waals surface area contributed by atoms with E-state index >= 15 is 0 Å². The van der Waals surface area contributed by atoms with Crippen LogP contribution in [0.1, 0.15) is 27.0 Å². The van der Waals surface area contributed by atoms with Gasteiger partial charge in [0.2, 0.25) is 0 Å². The van der Waals surface area contributed by atoms with Crippen molar-refractivity contribution in [3.8, 4) is 5.75 Å². The number of benzene rings is 3. The first-order valence-electron chi connectivity index (χ1n) is 12.0. The maximum Gasteiger partial charge on any atom is 0.323 e. The standard InChI is InChI=1S/C28H31N5O4/c1-19-6-3-10-23(14-19)31-28(36)33-13-12-32(27(35)22-9-5-11-24(16-22)37-2)26(33)25(34)30-18-21-8-4-7-20(15-21)17-29/h3-11,14-16,26H,12-13,17-18,29H2,1-2H3,(H,30,34)(H,31,36). The molecule has 1 heterocycles. The summed E-state index contributed by atoms with van der Waals surface area (Å²) in [7, 11) is 1.52. The second-order valence-corrected chi connectivity index (χ2v) is 8.84. The molecule has 37 heavy (non-hydrogen) atoms. The third-order valence-corrected chi connectivity index (χ3v) is 6.21. The Morgan fingerprint density at radius 2 is 1.68 bits per heavy atom. The van der Waals surface area contributed by atoms with E-state index < -0.39 is 18.1 Å². The molecule has 0 bridgehead atoms. The van der Waals surface area contributed by atoms with Gasteiger partial charge in [-0.1, -0.05) is 42.5 Å². The van der Waals surface area contributed by atoms with Crippen molar-refractivity contribution in [2.24, 2.45) is 5.73 Å². The minimum absolute atomic E-state index is 0.202. The van der Waals surface area contributed by atoms with Crippen molar-refractivity contribution in [3.63, 3.8) is 0 Å². The molecule has 1 aliphatic heterocycles. The molecule has 1 atom stereocenters. The van der Waals surface area contributed by atoms with Crippen molar-refractivity contribution in [2.45, 2.75) is 26.2 Å². The molecule has 3 aromatic carbocycles. The molecule has 192 valence electrons. The topological polar surface area (TPSA) is 117 Å². The first-order chi connectivity index (χ1) is 17.9. The summed E-state index contributed by atoms with van der Waals surface area (Å²) in [6, 6.07) is 21.2. The number of rotatable bonds is 7. The molecular formula is C28H31N5O4. The van der Waals surface area contributed by atoms with Crippen LogP contribution in [0.15, 0.2) is 72.8 Å². The summed E-state index contributed by atoms with van der Waals surface area (Å²) in [6.45, 7) is 2.96. The number of urea groups is 1. The number of hydrogen-bond donors (Lipinski definition) is 3. The van der Waals surface area contributed by atoms with Crippen LogP contribution in [0.4, 0.5) is 10.5 Å². The third-order valence-electron chi connectivity index (χ3n) is 6.21. The van der Waals surface area contributed by atoms with Crippen LogP contribution in [-0.4, -0.2) is 54.0 Å². The van der Waals surface area contributed by atoms with E-state index in [1.54, 1.807) is 30.3 Å². The molecule has 0 aliphatic carbocycles. The van der Waals surface area contributed by atoms with Gasteiger partial charge in [0.1, 0.15) is 5.75 Å². The van der Waals surface area contributed by atoms with E-state index in [4.69, 9.17) is 10.5 Å². The van der Waals surface area contributed by atoms with Gasteiger partial charge in [-0.25, -0.2) is 4.79 Å². The number of anilines is 1. The fourth-order valence-electron chi connectivity index (χ4n) is 4.32. The Labute approximate surface area is 216 Å². The van der Waals surface area contributed by atoms with Gasteiger partial charge in [0.05, 0.1) is 7.11 Å². The number of carbonyl (C=O) groups excluding carboxylic acids is 3. The second kappa shape index (κ2) is 11.6. The van der Waals surface area contributed by atoms with E-state index in [0.29, 0.717) is 23.5 Å². The van der Waals surface area contributed by atoms with Crippen LogP contribution in [0, 0.1) is 6.92 Å². The highest BCUT2D eigenvalue weighted by atomic mass is 16.5. The number of nitrogens with zero attached hydrogens (tertiary/aromatic N) is 2. The highest BCUT2D eigenvalue weighted by molar-refractivity contribution is 6.00. The van der Waals surface area contributed by atoms with Crippen LogP contribution in [-0.2, 0) is 17.9 Å². The monoisotopic (exact) mass is 501 g/mol. The van der Waals surface area contributed by atoms with E-state index in [-0.39, 0.29) is 25.5 Å². The van der Waals surface area contributed by atoms with Gasteiger partial charge in [-0.3, -0.25) is 14.5 Å². The predicted octanol–water partition coefficient (Wildman–Crippen LogP) is 3.09. The number of nitrogens with two attached hydrogens (primary N) is 1. The molecule has 0 aromatic heterocycles. The highest BCUT2D eigenvalue weighted by Gasteiger charge is 2.43. The van der Waals surface area contributed by atoms with E-state index in [2.05, 4.69) is 10.6 Å². The number of methoxy groups -OCH3 is 1. The fourth-order valence-corrected chi connectivity index (χ4v) is 4.32. The zero-order valence-electron chi connectivity index (χ0n) is 20.9. The van der Waals surface area contributed by atoms with Crippen molar-refractivity contribution in [2.75, 3.05) is 25.5 Å². The van der Waals surface area contributed by atoms with Crippen molar-refractivity contribution in [3.05, 3.63) is 95.1 Å². The van der Waals surface area contributed by atoms with Crippen molar-refractivity contribution >= 4 is 23.5 Å². The second-order valence-electron chi connectivity index (χ2n) is 8.84. The Morgan fingerprint density at radius 1 is 0.946 bits per heavy atom. The summed E-state index contributed by atoms with van der Waals surface area (Å²) in [5.41, 5.74) is 9.52. The van der Waals surface area contributed by atoms with Crippen molar-refractivity contribution < 1.29 is 19.1 Å². The highest BCUT2D eigenvalue weighted by Crippen LogP contribution is 2.22. The predicted molar refractivity (Wildman–Crippen MR) is 141 cm³/mol. The molecule has 9 heteroatoms. The lowest BCUT2D eigenvalue weighted by Crippen LogP contribution is -2.54. The average molecular weight is 502 g/mol. The maximum atomic E-state index is 13.5. The van der Waals surface area contributed by atoms with Crippen LogP contribution in [0.3, 0.4) is 0 Å². The Balaban J connectivity index is 1.57. The maximum absolute atomic E-state index is 13.5. The van der Waals surface area contributed by atoms with Gasteiger partial charge in [0.15, 0.2) is 6.17 Å². The molecule has 3 aromatic rings. The number of hydrogen-bond acceptors (Lipinski definition) is 5. The van der Waals surface area contributed by atoms with Crippen molar-refractivity contribution in [1.29, 1.82) is 0 Å². The molecular weight excluding hydrogens is 470 g/mol. The van der Waals surface area contributed by atoms with Crippen molar-refractivity contribution in [1.82, 2.24) is 15.1 Å². The first kappa shape index (κ1) is 25.7. The smallest absolute Gasteiger partial charge is 0.323 e. The lowest BCUT2D eigenvalue weighted by molar-refractivity contribution is -0.128. The molecule has 1 unspecified atom stereocenters. The molecule has 1 saturated heterocycles. The number of nitrogens with one attached hydrogen (secondary N) is 2. The normalized spacial score (nSPS) is 14.8. The van der Waals surface area contributed by atoms with Gasteiger partial charge in [-0.05, 0) is 53.9 Å². The largest absolute Gasteiger partial charge is 0.497 e. The Kier molecular flexibility index (Phi) is 8.05. The number of amides is 4. The Hall–Kier alpha value is -4.37. The molecule has 4 amide bonds. The minimum atomic E-state index is -1.12. The van der Waals surface area contributed by atoms with Crippen LogP contribution < -0.4 is 21.1 Å². The lowest BCUT2D eigenvalue weighted by atomic mass is 10.1. The minimum Gasteiger partial charge on any atom is -0.497 e. The summed E-state index contributed by atoms with van der Waals surface area (Å²) in [4.78, 5) is 43.0. The fraction of sp³-hybridized carbons (Fsp3) is 0.250. The molecule has 4 N–H and O–H groups in total. The van der Waals surface area contributed by atoms with Gasteiger partial charge in [-0.2, -0.15) is 0 Å². The van der Waals surface area contributed by atoms with Gasteiger partial charge in [0.25, 0.3) is 11.8 Å². The summed E-state index contributed by atoms with van der Waals surface area (Å²) in [5.74, 6) is -0.291. The molecule has 0 saturated carbocycles. The molecule has 0 radical (unpaired) electrons. The Bertz CT molecular complexity index is 1290. The molecule has 1 aliphatic rings. The average Bonchev–Trinajstić information content (AvgIpc) is 3.37. The summed E-state index contributed by atoms with van der Waals surface area (Å²) >= 11 is 0. The van der Waals surface area contributed by atoms with Gasteiger partial charge in [0, 0.05) is 37.4 Å². The van der Waals surface area contributed by atoms with Crippen LogP contribution >= 0.6 is 0 Å². The first-order valence-corrected chi connectivity index (χ1v) is 12.0. The van der Waals surface area contributed by atoms with E-state index in [9.17, 15) is 14.4 Å². The quantitative estimate of drug-likeness (QED) is 0.460. The third kappa shape index (κ3) is 6.07. The van der Waals surface area contributed by atoms with E-state index in [1.165, 1.54) is 16.9 Å². The molecule has 0 spiro atoms. The number of aryl methyl sites for hydroxylation is 1. The van der Waals surface area contributed by atoms with Gasteiger partial charge >= 0.3 is 6.03 Å². The van der Waals surface area contributed by atoms with E-state index in [1.807, 2.05) is 49.4 Å². The Morgan fingerprint density at radius 3 is 2.43 bits per heavy atom. The zero-order chi connectivity index (χ0) is 26.4. The van der Waals surface area contributed by atoms with Gasteiger partial charge in [-0.15, -0.1) is 0 Å². The molecule has 1 fully saturated rings. The van der Waals surface area contributed by atoms with Crippen LogP contribution in [0.25, 0.3) is 0 Å². The summed E-state index contributed by atoms with van der Waals surface area (Å²) in [6.07, 6.45) is -1.12. The SMILES string of the molecule is COc1cccc(C(=O)N2CCN(C(=O)Nc3cccc(C)c3)C2C(=O)NCc2cccc(CN)c2)c1. The molecule has 9 nitrogen and oxygen atoms in total. The zero-order valence-corrected chi connectivity index (χ0v) is 20.9. The number of carbonyl (C=O) groups is 3.